The molecule has 3 aromatic carbocycles. The average Bonchev–Trinajstić information content (AvgIpc) is 2.79. The Kier molecular flexibility index (Phi) is 7.22. The zero-order valence-corrected chi connectivity index (χ0v) is 20.4. The second-order valence-electron chi connectivity index (χ2n) is 8.73. The Labute approximate surface area is 204 Å². The molecule has 0 unspecified atom stereocenters. The number of benzene rings is 3. The first-order valence-corrected chi connectivity index (χ1v) is 11.0. The molecule has 7 nitrogen and oxygen atoms in total. The van der Waals surface area contributed by atoms with E-state index in [1.165, 1.54) is 12.0 Å². The number of nitrogens with zero attached hydrogens (tertiary/aromatic N) is 1. The summed E-state index contributed by atoms with van der Waals surface area (Å²) in [5, 5.41) is 2.67. The van der Waals surface area contributed by atoms with E-state index in [-0.39, 0.29) is 22.3 Å². The number of anilines is 3. The monoisotopic (exact) mass is 476 g/mol. The summed E-state index contributed by atoms with van der Waals surface area (Å²) in [5.41, 5.74) is 14.8. The SMILES string of the molecule is COc1cc(N(C(=O)c2ccc(C(C)(C)C)cc2)C(N)=S)ccc1NC(=O)c1ccccc1N. The first-order chi connectivity index (χ1) is 16.0. The number of hydrogen-bond acceptors (Lipinski definition) is 5. The Morgan fingerprint density at radius 1 is 1.00 bits per heavy atom. The van der Waals surface area contributed by atoms with E-state index in [9.17, 15) is 9.59 Å². The Morgan fingerprint density at radius 2 is 1.65 bits per heavy atom. The van der Waals surface area contributed by atoms with Crippen LogP contribution in [0.4, 0.5) is 17.1 Å². The molecule has 0 saturated carbocycles. The quantitative estimate of drug-likeness (QED) is 0.363. The van der Waals surface area contributed by atoms with Gasteiger partial charge in [0.25, 0.3) is 11.8 Å². The summed E-state index contributed by atoms with van der Waals surface area (Å²) >= 11 is 5.18. The van der Waals surface area contributed by atoms with Gasteiger partial charge >= 0.3 is 0 Å². The third kappa shape index (κ3) is 5.35. The number of nitrogen functional groups attached to an aromatic ring is 1. The number of carbonyl (C=O) groups is 2. The number of ether oxygens (including phenoxy) is 1. The van der Waals surface area contributed by atoms with Gasteiger partial charge in [-0.2, -0.15) is 0 Å². The molecule has 0 bridgehead atoms. The van der Waals surface area contributed by atoms with E-state index in [0.717, 1.165) is 5.56 Å². The summed E-state index contributed by atoms with van der Waals surface area (Å²) in [5.74, 6) is -0.424. The molecule has 0 fully saturated rings. The van der Waals surface area contributed by atoms with Crippen molar-refractivity contribution in [3.63, 3.8) is 0 Å². The van der Waals surface area contributed by atoms with Crippen LogP contribution >= 0.6 is 12.2 Å². The molecule has 176 valence electrons. The van der Waals surface area contributed by atoms with Gasteiger partial charge in [0.2, 0.25) is 0 Å². The summed E-state index contributed by atoms with van der Waals surface area (Å²) in [4.78, 5) is 27.2. The zero-order chi connectivity index (χ0) is 25.0. The highest BCUT2D eigenvalue weighted by molar-refractivity contribution is 7.80. The van der Waals surface area contributed by atoms with Crippen LogP contribution in [0.5, 0.6) is 5.75 Å². The van der Waals surface area contributed by atoms with Crippen molar-refractivity contribution in [1.29, 1.82) is 0 Å². The highest BCUT2D eigenvalue weighted by atomic mass is 32.1. The number of amides is 2. The molecule has 34 heavy (non-hydrogen) atoms. The molecule has 0 spiro atoms. The molecule has 0 heterocycles. The number of nitrogens with two attached hydrogens (primary N) is 2. The van der Waals surface area contributed by atoms with E-state index in [0.29, 0.717) is 33.9 Å². The van der Waals surface area contributed by atoms with Crippen LogP contribution in [0.15, 0.2) is 66.7 Å². The summed E-state index contributed by atoms with van der Waals surface area (Å²) in [6.07, 6.45) is 0. The highest BCUT2D eigenvalue weighted by Gasteiger charge is 2.23. The number of methoxy groups -OCH3 is 1. The lowest BCUT2D eigenvalue weighted by molar-refractivity contribution is 0.0999. The van der Waals surface area contributed by atoms with Gasteiger partial charge in [-0.25, -0.2) is 0 Å². The van der Waals surface area contributed by atoms with Crippen LogP contribution < -0.4 is 26.4 Å². The maximum absolute atomic E-state index is 13.3. The molecule has 2 amide bonds. The van der Waals surface area contributed by atoms with Gasteiger partial charge in [0.1, 0.15) is 5.75 Å². The van der Waals surface area contributed by atoms with E-state index in [4.69, 9.17) is 28.4 Å². The lowest BCUT2D eigenvalue weighted by atomic mass is 9.86. The van der Waals surface area contributed by atoms with Crippen molar-refractivity contribution >= 4 is 46.2 Å². The van der Waals surface area contributed by atoms with Crippen LogP contribution in [0.25, 0.3) is 0 Å². The Morgan fingerprint density at radius 3 is 2.21 bits per heavy atom. The largest absolute Gasteiger partial charge is 0.494 e. The summed E-state index contributed by atoms with van der Waals surface area (Å²) < 4.78 is 5.45. The molecule has 0 aliphatic rings. The van der Waals surface area contributed by atoms with Crippen molar-refractivity contribution < 1.29 is 14.3 Å². The minimum absolute atomic E-state index is 0.0392. The molecule has 8 heteroatoms. The van der Waals surface area contributed by atoms with E-state index in [1.54, 1.807) is 54.6 Å². The van der Waals surface area contributed by atoms with E-state index in [1.807, 2.05) is 12.1 Å². The molecule has 3 rings (SSSR count). The van der Waals surface area contributed by atoms with Gasteiger partial charge in [0, 0.05) is 17.3 Å². The topological polar surface area (TPSA) is 111 Å². The van der Waals surface area contributed by atoms with Gasteiger partial charge in [-0.1, -0.05) is 45.0 Å². The first kappa shape index (κ1) is 24.7. The first-order valence-electron chi connectivity index (χ1n) is 10.6. The molecule has 0 saturated heterocycles. The third-order valence-corrected chi connectivity index (χ3v) is 5.50. The molecule has 3 aromatic rings. The van der Waals surface area contributed by atoms with Crippen molar-refractivity contribution in [2.45, 2.75) is 26.2 Å². The average molecular weight is 477 g/mol. The number of carbonyl (C=O) groups excluding carboxylic acids is 2. The van der Waals surface area contributed by atoms with Crippen molar-refractivity contribution in [3.05, 3.63) is 83.4 Å². The number of rotatable bonds is 5. The van der Waals surface area contributed by atoms with Gasteiger partial charge in [-0.15, -0.1) is 0 Å². The molecule has 5 N–H and O–H groups in total. The molecule has 0 radical (unpaired) electrons. The normalized spacial score (nSPS) is 10.9. The van der Waals surface area contributed by atoms with E-state index < -0.39 is 0 Å². The van der Waals surface area contributed by atoms with Gasteiger partial charge in [-0.3, -0.25) is 14.5 Å². The van der Waals surface area contributed by atoms with Gasteiger partial charge in [0.05, 0.1) is 24.0 Å². The van der Waals surface area contributed by atoms with Crippen LogP contribution in [0.2, 0.25) is 0 Å². The number of thiocarbonyl (C=S) groups is 1. The molecule has 0 atom stereocenters. The minimum atomic E-state index is -0.384. The number of para-hydroxylation sites is 1. The maximum atomic E-state index is 13.3. The predicted molar refractivity (Wildman–Crippen MR) is 141 cm³/mol. The minimum Gasteiger partial charge on any atom is -0.494 e. The predicted octanol–water partition coefficient (Wildman–Crippen LogP) is 4.72. The van der Waals surface area contributed by atoms with Crippen molar-refractivity contribution in [3.8, 4) is 5.75 Å². The Hall–Kier alpha value is -3.91. The Balaban J connectivity index is 1.90. The van der Waals surface area contributed by atoms with Gasteiger partial charge in [0.15, 0.2) is 5.11 Å². The van der Waals surface area contributed by atoms with Crippen molar-refractivity contribution in [1.82, 2.24) is 0 Å². The lowest BCUT2D eigenvalue weighted by Crippen LogP contribution is -2.40. The fourth-order valence-electron chi connectivity index (χ4n) is 3.40. The molecular weight excluding hydrogens is 448 g/mol. The lowest BCUT2D eigenvalue weighted by Gasteiger charge is -2.23. The number of nitrogens with one attached hydrogen (secondary N) is 1. The van der Waals surface area contributed by atoms with Crippen molar-refractivity contribution in [2.24, 2.45) is 5.73 Å². The maximum Gasteiger partial charge on any atom is 0.264 e. The summed E-state index contributed by atoms with van der Waals surface area (Å²) in [6, 6.07) is 18.9. The standard InChI is InChI=1S/C26H28N4O3S/c1-26(2,3)17-11-9-16(10-12-17)24(32)30(25(28)34)18-13-14-21(22(15-18)33-4)29-23(31)19-7-5-6-8-20(19)27/h5-15H,27H2,1-4H3,(H2,28,34)(H,29,31). The zero-order valence-electron chi connectivity index (χ0n) is 19.6. The third-order valence-electron chi connectivity index (χ3n) is 5.32. The summed E-state index contributed by atoms with van der Waals surface area (Å²) in [7, 11) is 1.46. The van der Waals surface area contributed by atoms with E-state index in [2.05, 4.69) is 26.1 Å². The molecule has 0 aliphatic carbocycles. The second kappa shape index (κ2) is 9.93. The van der Waals surface area contributed by atoms with Crippen LogP contribution in [-0.4, -0.2) is 24.0 Å². The van der Waals surface area contributed by atoms with Crippen LogP contribution in [0.1, 0.15) is 47.1 Å². The second-order valence-corrected chi connectivity index (χ2v) is 9.15. The van der Waals surface area contributed by atoms with Crippen LogP contribution in [0, 0.1) is 0 Å². The summed E-state index contributed by atoms with van der Waals surface area (Å²) in [6.45, 7) is 6.30. The van der Waals surface area contributed by atoms with Gasteiger partial charge in [-0.05, 0) is 59.6 Å². The van der Waals surface area contributed by atoms with Crippen LogP contribution in [-0.2, 0) is 5.41 Å². The van der Waals surface area contributed by atoms with Crippen molar-refractivity contribution in [2.75, 3.05) is 23.1 Å². The number of hydrogen-bond donors (Lipinski definition) is 3. The smallest absolute Gasteiger partial charge is 0.264 e. The molecule has 0 aliphatic heterocycles. The highest BCUT2D eigenvalue weighted by Crippen LogP contribution is 2.32. The fourth-order valence-corrected chi connectivity index (χ4v) is 3.59. The van der Waals surface area contributed by atoms with E-state index >= 15 is 0 Å². The van der Waals surface area contributed by atoms with Gasteiger partial charge < -0.3 is 21.5 Å². The molecular formula is C26H28N4O3S. The fraction of sp³-hybridized carbons (Fsp3) is 0.192. The van der Waals surface area contributed by atoms with Crippen LogP contribution in [0.3, 0.4) is 0 Å². The molecule has 0 aromatic heterocycles. The Bertz CT molecular complexity index is 1230.